The predicted molar refractivity (Wildman–Crippen MR) is 135 cm³/mol. The van der Waals surface area contributed by atoms with Gasteiger partial charge in [-0.15, -0.1) is 0 Å². The van der Waals surface area contributed by atoms with Crippen LogP contribution in [0, 0.1) is 11.3 Å². The summed E-state index contributed by atoms with van der Waals surface area (Å²) in [5, 5.41) is 17.6. The Bertz CT molecular complexity index is 1370. The van der Waals surface area contributed by atoms with E-state index >= 15 is 0 Å². The zero-order valence-corrected chi connectivity index (χ0v) is 20.2. The van der Waals surface area contributed by atoms with Crippen LogP contribution in [0.5, 0.6) is 5.75 Å². The molecule has 0 spiro atoms. The lowest BCUT2D eigenvalue weighted by Gasteiger charge is -2.21. The fourth-order valence-electron chi connectivity index (χ4n) is 4.73. The van der Waals surface area contributed by atoms with Gasteiger partial charge in [-0.05, 0) is 68.5 Å². The topological polar surface area (TPSA) is 84.0 Å². The lowest BCUT2D eigenvalue weighted by molar-refractivity contribution is 0.241. The fraction of sp³-hybridized carbons (Fsp3) is 0.276. The average molecular weight is 465 g/mol. The van der Waals surface area contributed by atoms with Crippen LogP contribution in [-0.4, -0.2) is 16.2 Å². The lowest BCUT2D eigenvalue weighted by atomic mass is 10.0. The zero-order chi connectivity index (χ0) is 24.4. The second-order valence-corrected chi connectivity index (χ2v) is 9.18. The van der Waals surface area contributed by atoms with Crippen molar-refractivity contribution in [3.05, 3.63) is 89.0 Å². The van der Waals surface area contributed by atoms with E-state index in [-0.39, 0.29) is 18.2 Å². The van der Waals surface area contributed by atoms with Gasteiger partial charge < -0.3 is 14.6 Å². The van der Waals surface area contributed by atoms with E-state index in [1.165, 1.54) is 16.7 Å². The minimum Gasteiger partial charge on any atom is -0.490 e. The number of nitrogens with one attached hydrogen (secondary N) is 1. The molecule has 0 aliphatic heterocycles. The first kappa shape index (κ1) is 22.8. The maximum atomic E-state index is 9.55. The summed E-state index contributed by atoms with van der Waals surface area (Å²) in [6.07, 6.45) is 1.96. The van der Waals surface area contributed by atoms with Crippen molar-refractivity contribution < 1.29 is 9.26 Å². The molecule has 1 heterocycles. The van der Waals surface area contributed by atoms with E-state index in [4.69, 9.17) is 9.26 Å². The molecule has 1 unspecified atom stereocenters. The number of aromatic nitrogens is 2. The summed E-state index contributed by atoms with van der Waals surface area (Å²) in [6, 6.07) is 24.9. The third-order valence-electron chi connectivity index (χ3n) is 6.40. The van der Waals surface area contributed by atoms with Crippen LogP contribution in [0.15, 0.2) is 71.3 Å². The van der Waals surface area contributed by atoms with Gasteiger partial charge in [-0.1, -0.05) is 53.7 Å². The number of hydrogen-bond acceptors (Lipinski definition) is 6. The van der Waals surface area contributed by atoms with Gasteiger partial charge in [-0.3, -0.25) is 0 Å². The van der Waals surface area contributed by atoms with Crippen LogP contribution in [0.1, 0.15) is 61.5 Å². The molecule has 4 aromatic rings. The molecule has 1 aliphatic rings. The van der Waals surface area contributed by atoms with Crippen molar-refractivity contribution >= 4 is 0 Å². The fourth-order valence-corrected chi connectivity index (χ4v) is 4.73. The molecule has 35 heavy (non-hydrogen) atoms. The van der Waals surface area contributed by atoms with Crippen LogP contribution in [-0.2, 0) is 6.42 Å². The highest BCUT2D eigenvalue weighted by Crippen LogP contribution is 2.38. The SMILES string of the molecule is CC(C)Oc1ccc(-c2nc(-c3cccc4c3CCC4N[C@H](C)c3ccccc3)no2)cc1C#N. The summed E-state index contributed by atoms with van der Waals surface area (Å²) in [4.78, 5) is 4.68. The Morgan fingerprint density at radius 3 is 2.66 bits per heavy atom. The number of nitriles is 1. The smallest absolute Gasteiger partial charge is 0.258 e. The van der Waals surface area contributed by atoms with E-state index in [0.29, 0.717) is 28.6 Å². The summed E-state index contributed by atoms with van der Waals surface area (Å²) in [7, 11) is 0. The third-order valence-corrected chi connectivity index (χ3v) is 6.40. The molecule has 176 valence electrons. The highest BCUT2D eigenvalue weighted by Gasteiger charge is 2.27. The van der Waals surface area contributed by atoms with Crippen molar-refractivity contribution in [3.63, 3.8) is 0 Å². The Hall–Kier alpha value is -3.95. The number of ether oxygens (including phenoxy) is 1. The number of fused-ring (bicyclic) bond motifs is 1. The molecule has 0 bridgehead atoms. The van der Waals surface area contributed by atoms with Crippen LogP contribution < -0.4 is 10.1 Å². The molecule has 1 aliphatic carbocycles. The van der Waals surface area contributed by atoms with Crippen LogP contribution in [0.25, 0.3) is 22.8 Å². The largest absolute Gasteiger partial charge is 0.490 e. The standard InChI is InChI=1S/C29H28N4O2/c1-18(2)34-27-15-12-21(16-22(27)17-30)29-32-28(33-35-29)25-11-7-10-24-23(25)13-14-26(24)31-19(3)20-8-5-4-6-9-20/h4-12,15-16,18-19,26,31H,13-14H2,1-3H3/t19-,26?/m1/s1. The van der Waals surface area contributed by atoms with E-state index in [9.17, 15) is 5.26 Å². The monoisotopic (exact) mass is 464 g/mol. The summed E-state index contributed by atoms with van der Waals surface area (Å²) >= 11 is 0. The van der Waals surface area contributed by atoms with Gasteiger partial charge in [0.1, 0.15) is 11.8 Å². The van der Waals surface area contributed by atoms with E-state index in [2.05, 4.69) is 70.9 Å². The molecule has 0 saturated heterocycles. The summed E-state index contributed by atoms with van der Waals surface area (Å²) in [6.45, 7) is 6.07. The van der Waals surface area contributed by atoms with Crippen LogP contribution >= 0.6 is 0 Å². The second kappa shape index (κ2) is 9.73. The highest BCUT2D eigenvalue weighted by molar-refractivity contribution is 5.67. The Morgan fingerprint density at radius 2 is 1.89 bits per heavy atom. The predicted octanol–water partition coefficient (Wildman–Crippen LogP) is 6.40. The van der Waals surface area contributed by atoms with Crippen molar-refractivity contribution in [2.75, 3.05) is 0 Å². The second-order valence-electron chi connectivity index (χ2n) is 9.18. The first-order valence-corrected chi connectivity index (χ1v) is 12.0. The Labute approximate surface area is 205 Å². The van der Waals surface area contributed by atoms with Gasteiger partial charge in [0.15, 0.2) is 0 Å². The Kier molecular flexibility index (Phi) is 6.35. The van der Waals surface area contributed by atoms with Gasteiger partial charge in [0.2, 0.25) is 5.82 Å². The highest BCUT2D eigenvalue weighted by atomic mass is 16.5. The molecule has 3 aromatic carbocycles. The van der Waals surface area contributed by atoms with Gasteiger partial charge in [0.05, 0.1) is 11.7 Å². The molecule has 0 saturated carbocycles. The Balaban J connectivity index is 1.40. The maximum absolute atomic E-state index is 9.55. The van der Waals surface area contributed by atoms with Gasteiger partial charge in [-0.2, -0.15) is 10.2 Å². The molecule has 2 atom stereocenters. The van der Waals surface area contributed by atoms with Crippen LogP contribution in [0.2, 0.25) is 0 Å². The molecule has 6 heteroatoms. The van der Waals surface area contributed by atoms with Crippen molar-refractivity contribution in [2.45, 2.75) is 51.8 Å². The molecule has 1 aromatic heterocycles. The molecular formula is C29H28N4O2. The van der Waals surface area contributed by atoms with E-state index in [1.54, 1.807) is 12.1 Å². The summed E-state index contributed by atoms with van der Waals surface area (Å²) < 4.78 is 11.3. The van der Waals surface area contributed by atoms with E-state index in [0.717, 1.165) is 18.4 Å². The van der Waals surface area contributed by atoms with Crippen LogP contribution in [0.3, 0.4) is 0 Å². The van der Waals surface area contributed by atoms with Crippen molar-refractivity contribution in [2.24, 2.45) is 0 Å². The van der Waals surface area contributed by atoms with Crippen molar-refractivity contribution in [1.82, 2.24) is 15.5 Å². The zero-order valence-electron chi connectivity index (χ0n) is 20.2. The van der Waals surface area contributed by atoms with Gasteiger partial charge in [-0.25, -0.2) is 0 Å². The third kappa shape index (κ3) is 4.68. The van der Waals surface area contributed by atoms with Crippen molar-refractivity contribution in [3.8, 4) is 34.7 Å². The quantitative estimate of drug-likeness (QED) is 0.341. The minimum atomic E-state index is -0.0165. The number of benzene rings is 3. The number of hydrogen-bond donors (Lipinski definition) is 1. The van der Waals surface area contributed by atoms with E-state index < -0.39 is 0 Å². The molecule has 6 nitrogen and oxygen atoms in total. The first-order chi connectivity index (χ1) is 17.0. The van der Waals surface area contributed by atoms with Gasteiger partial charge in [0.25, 0.3) is 5.89 Å². The molecule has 1 N–H and O–H groups in total. The van der Waals surface area contributed by atoms with Gasteiger partial charge >= 0.3 is 0 Å². The molecule has 0 fully saturated rings. The molecule has 5 rings (SSSR count). The maximum Gasteiger partial charge on any atom is 0.258 e. The van der Waals surface area contributed by atoms with Gasteiger partial charge in [0, 0.05) is 23.2 Å². The van der Waals surface area contributed by atoms with Crippen LogP contribution in [0.4, 0.5) is 0 Å². The molecule has 0 radical (unpaired) electrons. The average Bonchev–Trinajstić information content (AvgIpc) is 3.52. The number of nitrogens with zero attached hydrogens (tertiary/aromatic N) is 3. The minimum absolute atomic E-state index is 0.0165. The first-order valence-electron chi connectivity index (χ1n) is 12.0. The summed E-state index contributed by atoms with van der Waals surface area (Å²) in [5.41, 5.74) is 5.96. The number of rotatable bonds is 7. The summed E-state index contributed by atoms with van der Waals surface area (Å²) in [5.74, 6) is 1.50. The molecular weight excluding hydrogens is 436 g/mol. The molecule has 0 amide bonds. The van der Waals surface area contributed by atoms with E-state index in [1.807, 2.05) is 26.0 Å². The Morgan fingerprint density at radius 1 is 1.06 bits per heavy atom. The lowest BCUT2D eigenvalue weighted by Crippen LogP contribution is -2.22. The normalized spacial score (nSPS) is 15.6. The van der Waals surface area contributed by atoms with Crippen molar-refractivity contribution in [1.29, 1.82) is 5.26 Å².